The van der Waals surface area contributed by atoms with E-state index < -0.39 is 0 Å². The molecule has 0 aromatic carbocycles. The van der Waals surface area contributed by atoms with Crippen molar-refractivity contribution in [2.45, 2.75) is 11.6 Å². The molecule has 0 aliphatic rings. The Balaban J connectivity index is 2.47. The molecule has 1 aromatic rings. The zero-order chi connectivity index (χ0) is 11.1. The quantitative estimate of drug-likeness (QED) is 0.458. The van der Waals surface area contributed by atoms with Gasteiger partial charge in [-0.15, -0.1) is 0 Å². The molecular formula is C9H13BrN2O2S. The maximum Gasteiger partial charge on any atom is 0.231 e. The van der Waals surface area contributed by atoms with Gasteiger partial charge in [0.15, 0.2) is 5.16 Å². The van der Waals surface area contributed by atoms with Gasteiger partial charge >= 0.3 is 0 Å². The molecule has 15 heavy (non-hydrogen) atoms. The van der Waals surface area contributed by atoms with E-state index in [2.05, 4.69) is 25.9 Å². The van der Waals surface area contributed by atoms with Crippen molar-refractivity contribution in [3.63, 3.8) is 0 Å². The number of methoxy groups -OCH3 is 2. The maximum absolute atomic E-state index is 5.08. The summed E-state index contributed by atoms with van der Waals surface area (Å²) in [6, 6.07) is 0. The fourth-order valence-corrected chi connectivity index (χ4v) is 1.99. The lowest BCUT2D eigenvalue weighted by atomic mass is 10.5. The molecule has 0 radical (unpaired) electrons. The molecule has 0 unspecified atom stereocenters. The summed E-state index contributed by atoms with van der Waals surface area (Å²) in [5.74, 6) is 1.51. The van der Waals surface area contributed by atoms with Crippen molar-refractivity contribution in [3.8, 4) is 5.88 Å². The normalized spacial score (nSPS) is 10.3. The van der Waals surface area contributed by atoms with Gasteiger partial charge in [0.1, 0.15) is 0 Å². The van der Waals surface area contributed by atoms with Crippen molar-refractivity contribution in [1.29, 1.82) is 0 Å². The third-order valence-corrected chi connectivity index (χ3v) is 3.10. The molecule has 0 amide bonds. The molecule has 0 N–H and O–H groups in total. The standard InChI is InChI=1S/C9H13BrN2O2S/c1-13-4-3-5-15-9-11-6-7(10)8(12-9)14-2/h6H,3-5H2,1-2H3. The molecule has 1 rings (SSSR count). The highest BCUT2D eigenvalue weighted by Gasteiger charge is 2.04. The van der Waals surface area contributed by atoms with Crippen LogP contribution < -0.4 is 4.74 Å². The second kappa shape index (κ2) is 7.03. The minimum absolute atomic E-state index is 0.569. The van der Waals surface area contributed by atoms with Crippen molar-refractivity contribution in [3.05, 3.63) is 10.7 Å². The molecule has 1 heterocycles. The van der Waals surface area contributed by atoms with Crippen molar-refractivity contribution in [2.75, 3.05) is 26.6 Å². The zero-order valence-corrected chi connectivity index (χ0v) is 11.1. The highest BCUT2D eigenvalue weighted by Crippen LogP contribution is 2.24. The first-order chi connectivity index (χ1) is 7.27. The lowest BCUT2D eigenvalue weighted by Gasteiger charge is -2.04. The number of rotatable bonds is 6. The summed E-state index contributed by atoms with van der Waals surface area (Å²) in [5, 5.41) is 0.728. The molecule has 1 aromatic heterocycles. The van der Waals surface area contributed by atoms with Crippen LogP contribution in [0.2, 0.25) is 0 Å². The first-order valence-electron chi connectivity index (χ1n) is 4.46. The lowest BCUT2D eigenvalue weighted by Crippen LogP contribution is -1.95. The van der Waals surface area contributed by atoms with Gasteiger partial charge < -0.3 is 9.47 Å². The molecule has 84 valence electrons. The van der Waals surface area contributed by atoms with E-state index in [9.17, 15) is 0 Å². The number of ether oxygens (including phenoxy) is 2. The summed E-state index contributed by atoms with van der Waals surface area (Å²) < 4.78 is 10.8. The van der Waals surface area contributed by atoms with Crippen LogP contribution in [0.5, 0.6) is 5.88 Å². The Hall–Kier alpha value is -0.330. The summed E-state index contributed by atoms with van der Waals surface area (Å²) in [5.41, 5.74) is 0. The summed E-state index contributed by atoms with van der Waals surface area (Å²) in [6.07, 6.45) is 2.69. The highest BCUT2D eigenvalue weighted by atomic mass is 79.9. The Kier molecular flexibility index (Phi) is 5.97. The number of nitrogens with zero attached hydrogens (tertiary/aromatic N) is 2. The van der Waals surface area contributed by atoms with Gasteiger partial charge in [-0.05, 0) is 22.4 Å². The second-order valence-electron chi connectivity index (χ2n) is 2.70. The molecule has 0 fully saturated rings. The summed E-state index contributed by atoms with van der Waals surface area (Å²) in [6.45, 7) is 0.765. The minimum Gasteiger partial charge on any atom is -0.480 e. The van der Waals surface area contributed by atoms with E-state index in [0.717, 1.165) is 28.4 Å². The van der Waals surface area contributed by atoms with Gasteiger partial charge in [-0.3, -0.25) is 0 Å². The van der Waals surface area contributed by atoms with Crippen LogP contribution in [0.25, 0.3) is 0 Å². The summed E-state index contributed by atoms with van der Waals surface area (Å²) >= 11 is 4.90. The Morgan fingerprint density at radius 1 is 1.47 bits per heavy atom. The van der Waals surface area contributed by atoms with Gasteiger partial charge in [0.05, 0.1) is 11.6 Å². The number of halogens is 1. The third-order valence-electron chi connectivity index (χ3n) is 1.61. The SMILES string of the molecule is COCCCSc1ncc(Br)c(OC)n1. The van der Waals surface area contributed by atoms with Crippen molar-refractivity contribution < 1.29 is 9.47 Å². The van der Waals surface area contributed by atoms with Crippen molar-refractivity contribution >= 4 is 27.7 Å². The fraction of sp³-hybridized carbons (Fsp3) is 0.556. The largest absolute Gasteiger partial charge is 0.480 e. The van der Waals surface area contributed by atoms with Gasteiger partial charge in [-0.1, -0.05) is 11.8 Å². The Bertz CT molecular complexity index is 312. The average molecular weight is 293 g/mol. The Labute approximate surface area is 102 Å². The van der Waals surface area contributed by atoms with Crippen LogP contribution in [0, 0.1) is 0 Å². The third kappa shape index (κ3) is 4.36. The monoisotopic (exact) mass is 292 g/mol. The molecule has 0 saturated carbocycles. The smallest absolute Gasteiger partial charge is 0.231 e. The van der Waals surface area contributed by atoms with Crippen LogP contribution in [0.4, 0.5) is 0 Å². The molecule has 0 atom stereocenters. The number of thioether (sulfide) groups is 1. The molecule has 0 spiro atoms. The molecule has 0 aliphatic carbocycles. The van der Waals surface area contributed by atoms with Crippen LogP contribution in [-0.2, 0) is 4.74 Å². The highest BCUT2D eigenvalue weighted by molar-refractivity contribution is 9.10. The predicted octanol–water partition coefficient (Wildman–Crippen LogP) is 2.38. The molecule has 0 aliphatic heterocycles. The van der Waals surface area contributed by atoms with E-state index in [1.54, 1.807) is 32.2 Å². The molecule has 0 saturated heterocycles. The van der Waals surface area contributed by atoms with Gasteiger partial charge in [0.25, 0.3) is 0 Å². The summed E-state index contributed by atoms with van der Waals surface area (Å²) in [7, 11) is 3.29. The van der Waals surface area contributed by atoms with Crippen molar-refractivity contribution in [2.24, 2.45) is 0 Å². The van der Waals surface area contributed by atoms with E-state index in [0.29, 0.717) is 5.88 Å². The first kappa shape index (κ1) is 12.7. The van der Waals surface area contributed by atoms with Gasteiger partial charge in [-0.25, -0.2) is 4.98 Å². The molecule has 6 heteroatoms. The van der Waals surface area contributed by atoms with E-state index in [1.165, 1.54) is 0 Å². The number of hydrogen-bond acceptors (Lipinski definition) is 5. The number of aromatic nitrogens is 2. The van der Waals surface area contributed by atoms with Gasteiger partial charge in [0, 0.05) is 25.7 Å². The Morgan fingerprint density at radius 3 is 2.93 bits per heavy atom. The second-order valence-corrected chi connectivity index (χ2v) is 4.62. The predicted molar refractivity (Wildman–Crippen MR) is 63.5 cm³/mol. The average Bonchev–Trinajstić information content (AvgIpc) is 2.26. The van der Waals surface area contributed by atoms with Gasteiger partial charge in [-0.2, -0.15) is 4.98 Å². The topological polar surface area (TPSA) is 44.2 Å². The van der Waals surface area contributed by atoms with Gasteiger partial charge in [0.2, 0.25) is 5.88 Å². The maximum atomic E-state index is 5.08. The van der Waals surface area contributed by atoms with Crippen molar-refractivity contribution in [1.82, 2.24) is 9.97 Å². The van der Waals surface area contributed by atoms with E-state index in [-0.39, 0.29) is 0 Å². The van der Waals surface area contributed by atoms with Crippen LogP contribution >= 0.6 is 27.7 Å². The zero-order valence-electron chi connectivity index (χ0n) is 8.70. The molecule has 0 bridgehead atoms. The van der Waals surface area contributed by atoms with Crippen LogP contribution in [0.1, 0.15) is 6.42 Å². The van der Waals surface area contributed by atoms with Crippen LogP contribution in [0.3, 0.4) is 0 Å². The van der Waals surface area contributed by atoms with Crippen LogP contribution in [0.15, 0.2) is 15.8 Å². The minimum atomic E-state index is 0.569. The first-order valence-corrected chi connectivity index (χ1v) is 6.24. The lowest BCUT2D eigenvalue weighted by molar-refractivity contribution is 0.200. The van der Waals surface area contributed by atoms with E-state index >= 15 is 0 Å². The molecule has 4 nitrogen and oxygen atoms in total. The Morgan fingerprint density at radius 2 is 2.27 bits per heavy atom. The summed E-state index contributed by atoms with van der Waals surface area (Å²) in [4.78, 5) is 8.40. The number of hydrogen-bond donors (Lipinski definition) is 0. The van der Waals surface area contributed by atoms with Crippen LogP contribution in [-0.4, -0.2) is 36.5 Å². The fourth-order valence-electron chi connectivity index (χ4n) is 0.916. The van der Waals surface area contributed by atoms with E-state index in [1.807, 2.05) is 0 Å². The molecular weight excluding hydrogens is 280 g/mol. The van der Waals surface area contributed by atoms with E-state index in [4.69, 9.17) is 9.47 Å².